The molecule has 0 bridgehead atoms. The Morgan fingerprint density at radius 2 is 2.50 bits per heavy atom. The molecule has 0 aliphatic rings. The van der Waals surface area contributed by atoms with Crippen LogP contribution < -0.4 is 5.56 Å². The highest BCUT2D eigenvalue weighted by Crippen LogP contribution is 1.95. The highest BCUT2D eigenvalue weighted by molar-refractivity contribution is 6.29. The summed E-state index contributed by atoms with van der Waals surface area (Å²) >= 11 is 5.35. The summed E-state index contributed by atoms with van der Waals surface area (Å²) in [6.45, 7) is 0. The van der Waals surface area contributed by atoms with E-state index in [0.29, 0.717) is 0 Å². The first-order valence-corrected chi connectivity index (χ1v) is 2.77. The fraction of sp³-hybridized carbons (Fsp3) is 0. The maximum absolute atomic E-state index is 10.6. The Morgan fingerprint density at radius 1 is 1.80 bits per heavy atom. The van der Waals surface area contributed by atoms with E-state index >= 15 is 0 Å². The number of rotatable bonds is 0. The summed E-state index contributed by atoms with van der Waals surface area (Å²) in [7, 11) is 0. The van der Waals surface area contributed by atoms with Crippen LogP contribution in [0.25, 0.3) is 0 Å². The van der Waals surface area contributed by atoms with Crippen LogP contribution >= 0.6 is 11.6 Å². The smallest absolute Gasteiger partial charge is 0.285 e. The van der Waals surface area contributed by atoms with Gasteiger partial charge in [0.25, 0.3) is 5.56 Å². The van der Waals surface area contributed by atoms with Crippen molar-refractivity contribution >= 4 is 11.6 Å². The molecule has 50 valence electrons. The highest BCUT2D eigenvalue weighted by atomic mass is 35.5. The standard InChI is InChI=1S/C5H2ClN3O/c6-4-2-8-3(1-7)5(10)9-4/h2H,(H,9,10). The summed E-state index contributed by atoms with van der Waals surface area (Å²) in [5.74, 6) is 0. The largest absolute Gasteiger partial charge is 0.309 e. The van der Waals surface area contributed by atoms with E-state index in [1.54, 1.807) is 6.07 Å². The third-order valence-corrected chi connectivity index (χ3v) is 1.05. The Morgan fingerprint density at radius 3 is 3.00 bits per heavy atom. The van der Waals surface area contributed by atoms with Crippen LogP contribution in [0.3, 0.4) is 0 Å². The molecule has 0 amide bonds. The van der Waals surface area contributed by atoms with Gasteiger partial charge in [-0.2, -0.15) is 5.26 Å². The zero-order valence-corrected chi connectivity index (χ0v) is 5.51. The van der Waals surface area contributed by atoms with Crippen LogP contribution in [0.5, 0.6) is 0 Å². The van der Waals surface area contributed by atoms with Crippen molar-refractivity contribution < 1.29 is 0 Å². The van der Waals surface area contributed by atoms with E-state index in [2.05, 4.69) is 9.97 Å². The van der Waals surface area contributed by atoms with Gasteiger partial charge in [0, 0.05) is 0 Å². The second-order valence-corrected chi connectivity index (χ2v) is 1.93. The average molecular weight is 156 g/mol. The summed E-state index contributed by atoms with van der Waals surface area (Å²) in [5, 5.41) is 8.36. The molecule has 0 saturated heterocycles. The van der Waals surface area contributed by atoms with Gasteiger partial charge in [0.2, 0.25) is 5.69 Å². The minimum absolute atomic E-state index is 0.129. The van der Waals surface area contributed by atoms with Crippen molar-refractivity contribution in [1.82, 2.24) is 9.97 Å². The SMILES string of the molecule is N#Cc1ncc(Cl)[nH]c1=O. The molecule has 0 radical (unpaired) electrons. The second-order valence-electron chi connectivity index (χ2n) is 1.52. The van der Waals surface area contributed by atoms with Gasteiger partial charge >= 0.3 is 0 Å². The van der Waals surface area contributed by atoms with E-state index in [1.165, 1.54) is 6.20 Å². The highest BCUT2D eigenvalue weighted by Gasteiger charge is 1.97. The fourth-order valence-electron chi connectivity index (χ4n) is 0.459. The van der Waals surface area contributed by atoms with Gasteiger partial charge in [-0.1, -0.05) is 11.6 Å². The molecular weight excluding hydrogens is 154 g/mol. The topological polar surface area (TPSA) is 69.5 Å². The van der Waals surface area contributed by atoms with E-state index in [4.69, 9.17) is 16.9 Å². The van der Waals surface area contributed by atoms with Crippen molar-refractivity contribution in [2.45, 2.75) is 0 Å². The Bertz CT molecular complexity index is 337. The van der Waals surface area contributed by atoms with Gasteiger partial charge in [-0.05, 0) is 0 Å². The van der Waals surface area contributed by atoms with Crippen molar-refractivity contribution in [3.8, 4) is 6.07 Å². The maximum atomic E-state index is 10.6. The molecule has 0 aliphatic carbocycles. The molecule has 1 rings (SSSR count). The molecule has 0 unspecified atom stereocenters. The van der Waals surface area contributed by atoms with E-state index in [-0.39, 0.29) is 10.8 Å². The van der Waals surface area contributed by atoms with Crippen molar-refractivity contribution in [3.05, 3.63) is 27.4 Å². The molecule has 0 spiro atoms. The molecule has 0 fully saturated rings. The molecule has 10 heavy (non-hydrogen) atoms. The monoisotopic (exact) mass is 155 g/mol. The quantitative estimate of drug-likeness (QED) is 0.586. The van der Waals surface area contributed by atoms with Crippen molar-refractivity contribution in [2.75, 3.05) is 0 Å². The van der Waals surface area contributed by atoms with Crippen LogP contribution in [-0.4, -0.2) is 9.97 Å². The Labute approximate surface area is 61.1 Å². The first-order valence-electron chi connectivity index (χ1n) is 2.39. The molecule has 1 heterocycles. The van der Waals surface area contributed by atoms with Crippen molar-refractivity contribution in [2.24, 2.45) is 0 Å². The van der Waals surface area contributed by atoms with Crippen LogP contribution in [0, 0.1) is 11.3 Å². The Kier molecular flexibility index (Phi) is 1.69. The lowest BCUT2D eigenvalue weighted by Gasteiger charge is -1.86. The predicted molar refractivity (Wildman–Crippen MR) is 34.6 cm³/mol. The predicted octanol–water partition coefficient (Wildman–Crippen LogP) is 0.295. The molecule has 1 aromatic rings. The Balaban J connectivity index is 3.38. The minimum Gasteiger partial charge on any atom is -0.309 e. The van der Waals surface area contributed by atoms with Crippen LogP contribution in [0.4, 0.5) is 0 Å². The van der Waals surface area contributed by atoms with E-state index in [0.717, 1.165) is 0 Å². The van der Waals surface area contributed by atoms with Gasteiger partial charge in [0.15, 0.2) is 0 Å². The summed E-state index contributed by atoms with van der Waals surface area (Å²) in [6.07, 6.45) is 1.21. The van der Waals surface area contributed by atoms with Crippen molar-refractivity contribution in [3.63, 3.8) is 0 Å². The zero-order chi connectivity index (χ0) is 7.56. The molecule has 0 atom stereocenters. The lowest BCUT2D eigenvalue weighted by molar-refractivity contribution is 1.10. The van der Waals surface area contributed by atoms with Gasteiger partial charge in [0.1, 0.15) is 11.2 Å². The number of hydrogen-bond acceptors (Lipinski definition) is 3. The first kappa shape index (κ1) is 6.78. The fourth-order valence-corrected chi connectivity index (χ4v) is 0.594. The summed E-state index contributed by atoms with van der Waals surface area (Å²) in [5.41, 5.74) is -0.737. The van der Waals surface area contributed by atoms with Gasteiger partial charge in [-0.15, -0.1) is 0 Å². The summed E-state index contributed by atoms with van der Waals surface area (Å²) in [4.78, 5) is 16.3. The summed E-state index contributed by atoms with van der Waals surface area (Å²) in [6, 6.07) is 1.61. The number of halogens is 1. The van der Waals surface area contributed by atoms with Crippen LogP contribution in [0.1, 0.15) is 5.69 Å². The van der Waals surface area contributed by atoms with Crippen LogP contribution in [0.15, 0.2) is 11.0 Å². The number of aromatic amines is 1. The lowest BCUT2D eigenvalue weighted by atomic mass is 10.5. The van der Waals surface area contributed by atoms with E-state index in [9.17, 15) is 4.79 Å². The van der Waals surface area contributed by atoms with Crippen LogP contribution in [0.2, 0.25) is 5.15 Å². The number of aromatic nitrogens is 2. The molecule has 1 N–H and O–H groups in total. The lowest BCUT2D eigenvalue weighted by Crippen LogP contribution is -2.11. The molecule has 0 saturated carbocycles. The summed E-state index contributed by atoms with van der Waals surface area (Å²) < 4.78 is 0. The Hall–Kier alpha value is -1.34. The van der Waals surface area contributed by atoms with Gasteiger partial charge < -0.3 is 4.98 Å². The maximum Gasteiger partial charge on any atom is 0.285 e. The number of nitrogens with one attached hydrogen (secondary N) is 1. The molecule has 0 aliphatic heterocycles. The molecule has 0 aromatic carbocycles. The minimum atomic E-state index is -0.560. The third-order valence-electron chi connectivity index (χ3n) is 0.861. The number of hydrogen-bond donors (Lipinski definition) is 1. The van der Waals surface area contributed by atoms with Gasteiger partial charge in [-0.3, -0.25) is 4.79 Å². The van der Waals surface area contributed by atoms with Crippen molar-refractivity contribution in [1.29, 1.82) is 5.26 Å². The molecular formula is C5H2ClN3O. The second kappa shape index (κ2) is 2.50. The van der Waals surface area contributed by atoms with E-state index < -0.39 is 5.56 Å². The van der Waals surface area contributed by atoms with Crippen LogP contribution in [-0.2, 0) is 0 Å². The van der Waals surface area contributed by atoms with E-state index in [1.807, 2.05) is 0 Å². The van der Waals surface area contributed by atoms with Gasteiger partial charge in [-0.25, -0.2) is 4.98 Å². The number of nitriles is 1. The molecule has 5 heteroatoms. The molecule has 1 aromatic heterocycles. The average Bonchev–Trinajstić information content (AvgIpc) is 1.88. The normalized spacial score (nSPS) is 8.80. The number of nitrogens with zero attached hydrogens (tertiary/aromatic N) is 2. The van der Waals surface area contributed by atoms with Gasteiger partial charge in [0.05, 0.1) is 6.20 Å². The molecule has 4 nitrogen and oxygen atoms in total. The first-order chi connectivity index (χ1) is 4.74. The third kappa shape index (κ3) is 1.14. The zero-order valence-electron chi connectivity index (χ0n) is 4.76. The number of H-pyrrole nitrogens is 1.